The van der Waals surface area contributed by atoms with E-state index in [1.807, 2.05) is 12.1 Å². The van der Waals surface area contributed by atoms with Crippen LogP contribution < -0.4 is 16.3 Å². The molecule has 1 aliphatic heterocycles. The van der Waals surface area contributed by atoms with E-state index in [1.165, 1.54) is 10.9 Å². The molecule has 0 spiro atoms. The highest BCUT2D eigenvalue weighted by Crippen LogP contribution is 2.15. The summed E-state index contributed by atoms with van der Waals surface area (Å²) in [6.45, 7) is 4.05. The summed E-state index contributed by atoms with van der Waals surface area (Å²) in [5.74, 6) is 4.59. The molecule has 1 aliphatic rings. The number of pyridine rings is 2. The molecule has 3 aromatic heterocycles. The zero-order chi connectivity index (χ0) is 30.2. The quantitative estimate of drug-likeness (QED) is 0.342. The number of aromatic nitrogens is 5. The van der Waals surface area contributed by atoms with Crippen molar-refractivity contribution in [1.29, 1.82) is 0 Å². The van der Waals surface area contributed by atoms with Gasteiger partial charge >= 0.3 is 17.8 Å². The number of carboxylic acids is 1. The molecule has 16 heteroatoms. The van der Waals surface area contributed by atoms with E-state index in [0.29, 0.717) is 30.2 Å². The van der Waals surface area contributed by atoms with Crippen LogP contribution in [0.5, 0.6) is 0 Å². The van der Waals surface area contributed by atoms with Crippen LogP contribution in [0.25, 0.3) is 5.82 Å². The number of anilines is 1. The van der Waals surface area contributed by atoms with E-state index in [4.69, 9.17) is 20.4 Å². The third kappa shape index (κ3) is 8.43. The average Bonchev–Trinajstić information content (AvgIpc) is 3.30. The summed E-state index contributed by atoms with van der Waals surface area (Å²) < 4.78 is 65.0. The van der Waals surface area contributed by atoms with Gasteiger partial charge in [0, 0.05) is 48.7 Å². The van der Waals surface area contributed by atoms with Crippen molar-refractivity contribution >= 4 is 11.8 Å². The summed E-state index contributed by atoms with van der Waals surface area (Å²) >= 11 is 0. The molecule has 0 bridgehead atoms. The minimum absolute atomic E-state index is 0.345. The standard InChI is InChI=1S/C23H23F2N7O2.C2HF3O2/c1-16-10-18(3-2-17-4-5-20(27-12-17)30-6-8-34-9-7-30)13-28-22(16)31-15-29-32(23(31)33)14-19(11-26)21(24)25;3-2(4,5)1(6)7/h4-5,10,12-13,15H,6-9,11,14,26H2,1H3;(H,6,7). The third-order valence-electron chi connectivity index (χ3n) is 5.54. The number of nitrogens with zero attached hydrogens (tertiary/aromatic N) is 6. The number of ether oxygens (including phenoxy) is 1. The maximum atomic E-state index is 12.9. The van der Waals surface area contributed by atoms with Crippen LogP contribution in [0.15, 0.2) is 53.4 Å². The van der Waals surface area contributed by atoms with Gasteiger partial charge in [-0.25, -0.2) is 28.8 Å². The number of carbonyl (C=O) groups is 1. The second-order valence-electron chi connectivity index (χ2n) is 8.43. The van der Waals surface area contributed by atoms with Crippen LogP contribution >= 0.6 is 0 Å². The molecular formula is C25H24F5N7O4. The Morgan fingerprint density at radius 1 is 1.12 bits per heavy atom. The summed E-state index contributed by atoms with van der Waals surface area (Å²) in [6.07, 6.45) is -2.48. The number of alkyl halides is 3. The fourth-order valence-corrected chi connectivity index (χ4v) is 3.45. The lowest BCUT2D eigenvalue weighted by molar-refractivity contribution is -0.192. The molecule has 4 heterocycles. The highest BCUT2D eigenvalue weighted by Gasteiger charge is 2.38. The summed E-state index contributed by atoms with van der Waals surface area (Å²) in [7, 11) is 0. The summed E-state index contributed by atoms with van der Waals surface area (Å²) in [6, 6.07) is 5.64. The molecule has 41 heavy (non-hydrogen) atoms. The number of aliphatic carboxylic acids is 1. The van der Waals surface area contributed by atoms with Gasteiger partial charge < -0.3 is 20.5 Å². The Hall–Kier alpha value is -4.62. The van der Waals surface area contributed by atoms with E-state index in [-0.39, 0.29) is 18.7 Å². The van der Waals surface area contributed by atoms with Gasteiger partial charge in [-0.1, -0.05) is 11.8 Å². The molecule has 0 amide bonds. The predicted octanol–water partition coefficient (Wildman–Crippen LogP) is 2.11. The van der Waals surface area contributed by atoms with Gasteiger partial charge in [0.05, 0.1) is 19.8 Å². The number of hydrogen-bond donors (Lipinski definition) is 2. The molecule has 0 aliphatic carbocycles. The summed E-state index contributed by atoms with van der Waals surface area (Å²) in [5.41, 5.74) is 6.48. The number of morpholine rings is 1. The van der Waals surface area contributed by atoms with Crippen molar-refractivity contribution in [3.63, 3.8) is 0 Å². The average molecular weight is 582 g/mol. The first kappa shape index (κ1) is 30.9. The molecular weight excluding hydrogens is 557 g/mol. The summed E-state index contributed by atoms with van der Waals surface area (Å²) in [4.78, 5) is 32.5. The van der Waals surface area contributed by atoms with Crippen LogP contribution in [0.4, 0.5) is 27.8 Å². The zero-order valence-electron chi connectivity index (χ0n) is 21.5. The number of aryl methyl sites for hydroxylation is 1. The van der Waals surface area contributed by atoms with Gasteiger partial charge in [-0.05, 0) is 30.7 Å². The first-order valence-electron chi connectivity index (χ1n) is 11.9. The second-order valence-corrected chi connectivity index (χ2v) is 8.43. The molecule has 0 atom stereocenters. The van der Waals surface area contributed by atoms with Crippen molar-refractivity contribution < 1.29 is 36.6 Å². The smallest absolute Gasteiger partial charge is 0.475 e. The lowest BCUT2D eigenvalue weighted by Crippen LogP contribution is -2.36. The fraction of sp³-hybridized carbons (Fsp3) is 0.320. The predicted molar refractivity (Wildman–Crippen MR) is 136 cm³/mol. The second kappa shape index (κ2) is 13.6. The van der Waals surface area contributed by atoms with Crippen molar-refractivity contribution in [2.45, 2.75) is 19.6 Å². The lowest BCUT2D eigenvalue weighted by Gasteiger charge is -2.27. The molecule has 4 rings (SSSR count). The molecule has 0 unspecified atom stereocenters. The van der Waals surface area contributed by atoms with Gasteiger partial charge in [-0.3, -0.25) is 0 Å². The first-order chi connectivity index (χ1) is 19.4. The molecule has 1 saturated heterocycles. The molecule has 3 N–H and O–H groups in total. The molecule has 0 radical (unpaired) electrons. The van der Waals surface area contributed by atoms with Gasteiger partial charge in [0.1, 0.15) is 18.0 Å². The molecule has 0 aromatic carbocycles. The molecule has 11 nitrogen and oxygen atoms in total. The van der Waals surface area contributed by atoms with Crippen molar-refractivity contribution in [3.05, 3.63) is 75.7 Å². The maximum absolute atomic E-state index is 12.9. The van der Waals surface area contributed by atoms with Crippen molar-refractivity contribution in [3.8, 4) is 17.7 Å². The van der Waals surface area contributed by atoms with Crippen molar-refractivity contribution in [2.24, 2.45) is 5.73 Å². The van der Waals surface area contributed by atoms with E-state index >= 15 is 0 Å². The van der Waals surface area contributed by atoms with E-state index < -0.39 is 23.9 Å². The molecule has 218 valence electrons. The SMILES string of the molecule is Cc1cc(C#Cc2ccc(N3CCOCC3)nc2)cnc1-n1cnn(CC(CN)=C(F)F)c1=O.O=C(O)C(F)(F)F. The van der Waals surface area contributed by atoms with Crippen LogP contribution in [-0.2, 0) is 16.1 Å². The fourth-order valence-electron chi connectivity index (χ4n) is 3.45. The number of nitrogens with two attached hydrogens (primary N) is 1. The maximum Gasteiger partial charge on any atom is 0.490 e. The zero-order valence-corrected chi connectivity index (χ0v) is 21.5. The topological polar surface area (TPSA) is 141 Å². The minimum atomic E-state index is -5.08. The molecule has 0 saturated carbocycles. The minimum Gasteiger partial charge on any atom is -0.475 e. The Labute approximate surface area is 229 Å². The Bertz CT molecular complexity index is 1510. The Morgan fingerprint density at radius 2 is 1.76 bits per heavy atom. The third-order valence-corrected chi connectivity index (χ3v) is 5.54. The first-order valence-corrected chi connectivity index (χ1v) is 11.9. The highest BCUT2D eigenvalue weighted by molar-refractivity contribution is 5.73. The van der Waals surface area contributed by atoms with Crippen LogP contribution in [0, 0.1) is 18.8 Å². The molecule has 3 aromatic rings. The monoisotopic (exact) mass is 581 g/mol. The van der Waals surface area contributed by atoms with Crippen LogP contribution in [0.2, 0.25) is 0 Å². The van der Waals surface area contributed by atoms with E-state index in [1.54, 1.807) is 25.4 Å². The Morgan fingerprint density at radius 3 is 2.29 bits per heavy atom. The van der Waals surface area contributed by atoms with Crippen molar-refractivity contribution in [2.75, 3.05) is 37.7 Å². The van der Waals surface area contributed by atoms with E-state index in [2.05, 4.69) is 31.8 Å². The van der Waals surface area contributed by atoms with Crippen molar-refractivity contribution in [1.82, 2.24) is 24.3 Å². The lowest BCUT2D eigenvalue weighted by atomic mass is 10.2. The highest BCUT2D eigenvalue weighted by atomic mass is 19.4. The number of carboxylic acid groups (broad SMARTS) is 1. The van der Waals surface area contributed by atoms with Gasteiger partial charge in [-0.15, -0.1) is 0 Å². The van der Waals surface area contributed by atoms with Gasteiger partial charge in [-0.2, -0.15) is 27.1 Å². The van der Waals surface area contributed by atoms with Gasteiger partial charge in [0.2, 0.25) is 0 Å². The Balaban J connectivity index is 0.000000587. The van der Waals surface area contributed by atoms with E-state index in [0.717, 1.165) is 29.2 Å². The van der Waals surface area contributed by atoms with Crippen LogP contribution in [0.3, 0.4) is 0 Å². The van der Waals surface area contributed by atoms with Gasteiger partial charge in [0.25, 0.3) is 6.08 Å². The normalized spacial score (nSPS) is 13.0. The summed E-state index contributed by atoms with van der Waals surface area (Å²) in [5, 5.41) is 11.0. The molecule has 1 fully saturated rings. The number of hydrogen-bond acceptors (Lipinski definition) is 8. The number of rotatable bonds is 5. The van der Waals surface area contributed by atoms with E-state index in [9.17, 15) is 26.7 Å². The van der Waals surface area contributed by atoms with Crippen LogP contribution in [0.1, 0.15) is 16.7 Å². The van der Waals surface area contributed by atoms with Gasteiger partial charge in [0.15, 0.2) is 0 Å². The van der Waals surface area contributed by atoms with Crippen LogP contribution in [-0.4, -0.2) is 74.4 Å². The largest absolute Gasteiger partial charge is 0.490 e. The number of halogens is 5. The Kier molecular flexibility index (Phi) is 10.3.